The fourth-order valence-corrected chi connectivity index (χ4v) is 3.63. The van der Waals surface area contributed by atoms with Gasteiger partial charge in [0, 0.05) is 31.6 Å². The van der Waals surface area contributed by atoms with E-state index in [1.54, 1.807) is 6.08 Å². The first-order valence-electron chi connectivity index (χ1n) is 11.3. The number of aliphatic hydroxyl groups is 3. The summed E-state index contributed by atoms with van der Waals surface area (Å²) in [6.45, 7) is 2.83. The zero-order valence-electron chi connectivity index (χ0n) is 18.9. The molecule has 0 aromatic heterocycles. The van der Waals surface area contributed by atoms with Crippen molar-refractivity contribution in [1.82, 2.24) is 0 Å². The van der Waals surface area contributed by atoms with Crippen LogP contribution in [0.4, 0.5) is 0 Å². The van der Waals surface area contributed by atoms with Gasteiger partial charge in [-0.05, 0) is 19.3 Å². The number of carbonyl (C=O) groups is 3. The van der Waals surface area contributed by atoms with Crippen LogP contribution in [0.15, 0.2) is 12.2 Å². The van der Waals surface area contributed by atoms with Crippen LogP contribution in [0.3, 0.4) is 0 Å². The van der Waals surface area contributed by atoms with Gasteiger partial charge in [0.25, 0.3) is 0 Å². The molecule has 8 nitrogen and oxygen atoms in total. The predicted molar refractivity (Wildman–Crippen MR) is 116 cm³/mol. The monoisotopic (exact) mass is 444 g/mol. The van der Waals surface area contributed by atoms with Crippen molar-refractivity contribution in [3.8, 4) is 0 Å². The maximum atomic E-state index is 12.1. The first-order valence-corrected chi connectivity index (χ1v) is 11.3. The standard InChI is InChI=1S/C20H34O5.C3H6O3/c1-2-3-6-9-15(21)12-13-17-16(18(22)14-19(17)23)10-7-4-5-8-11-20(24)25;1-3(5)6-2-4/h12-13,15-17,19,21,23H,2-11,14H2,1H3,(H,24,25);4H,2H2,1H3/b13-12+;/t15-,16+,17+,19+;/m0./s1. The normalized spacial score (nSPS) is 21.6. The van der Waals surface area contributed by atoms with Crippen LogP contribution in [0.25, 0.3) is 0 Å². The van der Waals surface area contributed by atoms with E-state index in [1.807, 2.05) is 6.08 Å². The fraction of sp³-hybridized carbons (Fsp3) is 0.783. The molecule has 1 aliphatic rings. The molecule has 0 bridgehead atoms. The molecule has 0 radical (unpaired) electrons. The SMILES string of the molecule is CC(=O)OCO.CCCCC[C@H](O)/C=C/[C@H]1[C@H](O)CC(=O)[C@@H]1CCCCCCC(=O)O. The highest BCUT2D eigenvalue weighted by molar-refractivity contribution is 5.84. The Morgan fingerprint density at radius 1 is 1.16 bits per heavy atom. The van der Waals surface area contributed by atoms with Crippen LogP contribution in [-0.2, 0) is 19.1 Å². The smallest absolute Gasteiger partial charge is 0.304 e. The molecule has 0 unspecified atom stereocenters. The molecular formula is C23H40O8. The van der Waals surface area contributed by atoms with Crippen molar-refractivity contribution in [2.24, 2.45) is 11.8 Å². The fourth-order valence-electron chi connectivity index (χ4n) is 3.63. The number of Topliss-reactive ketones (excluding diaryl/α,β-unsaturated/α-hetero) is 1. The molecule has 0 aliphatic heterocycles. The van der Waals surface area contributed by atoms with E-state index in [-0.39, 0.29) is 30.5 Å². The van der Waals surface area contributed by atoms with E-state index in [4.69, 9.17) is 10.2 Å². The van der Waals surface area contributed by atoms with Crippen molar-refractivity contribution >= 4 is 17.7 Å². The Morgan fingerprint density at radius 2 is 1.84 bits per heavy atom. The van der Waals surface area contributed by atoms with E-state index in [0.717, 1.165) is 51.4 Å². The van der Waals surface area contributed by atoms with Crippen LogP contribution in [-0.4, -0.2) is 57.1 Å². The zero-order chi connectivity index (χ0) is 23.6. The van der Waals surface area contributed by atoms with E-state index in [0.29, 0.717) is 6.42 Å². The van der Waals surface area contributed by atoms with Gasteiger partial charge in [-0.15, -0.1) is 0 Å². The third-order valence-electron chi connectivity index (χ3n) is 5.32. The van der Waals surface area contributed by atoms with E-state index in [9.17, 15) is 24.6 Å². The van der Waals surface area contributed by atoms with Crippen molar-refractivity contribution in [2.45, 2.75) is 96.7 Å². The molecule has 180 valence electrons. The number of aliphatic hydroxyl groups excluding tert-OH is 3. The molecule has 1 fully saturated rings. The first kappa shape index (κ1) is 29.2. The molecule has 0 spiro atoms. The van der Waals surface area contributed by atoms with Crippen LogP contribution in [0.2, 0.25) is 0 Å². The molecule has 31 heavy (non-hydrogen) atoms. The first-order chi connectivity index (χ1) is 14.7. The van der Waals surface area contributed by atoms with Gasteiger partial charge in [-0.2, -0.15) is 0 Å². The zero-order valence-corrected chi connectivity index (χ0v) is 18.9. The second-order valence-corrected chi connectivity index (χ2v) is 7.98. The molecule has 0 saturated heterocycles. The second kappa shape index (κ2) is 17.9. The lowest BCUT2D eigenvalue weighted by molar-refractivity contribution is -0.149. The van der Waals surface area contributed by atoms with Gasteiger partial charge >= 0.3 is 11.9 Å². The Morgan fingerprint density at radius 3 is 2.39 bits per heavy atom. The minimum Gasteiger partial charge on any atom is -0.481 e. The minimum absolute atomic E-state index is 0.105. The van der Waals surface area contributed by atoms with Crippen LogP contribution in [0, 0.1) is 11.8 Å². The van der Waals surface area contributed by atoms with Crippen molar-refractivity contribution < 1.29 is 39.5 Å². The maximum absolute atomic E-state index is 12.1. The van der Waals surface area contributed by atoms with E-state index in [2.05, 4.69) is 11.7 Å². The highest BCUT2D eigenvalue weighted by atomic mass is 16.6. The quantitative estimate of drug-likeness (QED) is 0.139. The van der Waals surface area contributed by atoms with Crippen LogP contribution in [0.1, 0.15) is 84.5 Å². The second-order valence-electron chi connectivity index (χ2n) is 7.98. The number of hydrogen-bond acceptors (Lipinski definition) is 7. The van der Waals surface area contributed by atoms with Gasteiger partial charge in [0.1, 0.15) is 5.78 Å². The molecule has 1 rings (SSSR count). The maximum Gasteiger partial charge on any atom is 0.304 e. The predicted octanol–water partition coefficient (Wildman–Crippen LogP) is 2.97. The van der Waals surface area contributed by atoms with Crippen molar-refractivity contribution in [1.29, 1.82) is 0 Å². The summed E-state index contributed by atoms with van der Waals surface area (Å²) in [5, 5.41) is 36.5. The molecule has 1 aliphatic carbocycles. The van der Waals surface area contributed by atoms with Gasteiger partial charge in [-0.3, -0.25) is 14.4 Å². The van der Waals surface area contributed by atoms with E-state index in [1.165, 1.54) is 6.92 Å². The average molecular weight is 445 g/mol. The molecular weight excluding hydrogens is 404 g/mol. The number of unbranched alkanes of at least 4 members (excludes halogenated alkanes) is 5. The number of carboxylic acids is 1. The number of carbonyl (C=O) groups excluding carboxylic acids is 2. The molecule has 4 N–H and O–H groups in total. The highest BCUT2D eigenvalue weighted by Crippen LogP contribution is 2.34. The number of esters is 1. The number of aliphatic carboxylic acids is 1. The van der Waals surface area contributed by atoms with Gasteiger partial charge < -0.3 is 25.2 Å². The van der Waals surface area contributed by atoms with Gasteiger partial charge in [-0.1, -0.05) is 57.6 Å². The van der Waals surface area contributed by atoms with Crippen molar-refractivity contribution in [2.75, 3.05) is 6.79 Å². The summed E-state index contributed by atoms with van der Waals surface area (Å²) in [4.78, 5) is 32.3. The summed E-state index contributed by atoms with van der Waals surface area (Å²) in [6, 6.07) is 0. The number of carboxylic acid groups (broad SMARTS) is 1. The van der Waals surface area contributed by atoms with E-state index >= 15 is 0 Å². The molecule has 1 saturated carbocycles. The molecule has 8 heteroatoms. The summed E-state index contributed by atoms with van der Waals surface area (Å²) < 4.78 is 3.96. The molecule has 0 heterocycles. The molecule has 0 aromatic rings. The van der Waals surface area contributed by atoms with Crippen LogP contribution >= 0.6 is 0 Å². The largest absolute Gasteiger partial charge is 0.481 e. The summed E-state index contributed by atoms with van der Waals surface area (Å²) in [5.74, 6) is -1.50. The third-order valence-corrected chi connectivity index (χ3v) is 5.32. The number of rotatable bonds is 14. The van der Waals surface area contributed by atoms with Gasteiger partial charge in [0.2, 0.25) is 0 Å². The van der Waals surface area contributed by atoms with E-state index < -0.39 is 30.9 Å². The summed E-state index contributed by atoms with van der Waals surface area (Å²) >= 11 is 0. The van der Waals surface area contributed by atoms with Crippen LogP contribution < -0.4 is 0 Å². The average Bonchev–Trinajstić information content (AvgIpc) is 2.95. The van der Waals surface area contributed by atoms with Crippen molar-refractivity contribution in [3.05, 3.63) is 12.2 Å². The van der Waals surface area contributed by atoms with Gasteiger partial charge in [0.15, 0.2) is 6.79 Å². The lowest BCUT2D eigenvalue weighted by Crippen LogP contribution is -2.19. The summed E-state index contributed by atoms with van der Waals surface area (Å²) in [6.07, 6.45) is 10.7. The lowest BCUT2D eigenvalue weighted by Gasteiger charge is -2.18. The van der Waals surface area contributed by atoms with Crippen LogP contribution in [0.5, 0.6) is 0 Å². The van der Waals surface area contributed by atoms with Gasteiger partial charge in [0.05, 0.1) is 12.2 Å². The number of ketones is 1. The Kier molecular flexibility index (Phi) is 16.8. The highest BCUT2D eigenvalue weighted by Gasteiger charge is 2.39. The lowest BCUT2D eigenvalue weighted by atomic mass is 9.88. The topological polar surface area (TPSA) is 141 Å². The number of ether oxygens (including phenoxy) is 1. The molecule has 0 aromatic carbocycles. The van der Waals surface area contributed by atoms with Crippen molar-refractivity contribution in [3.63, 3.8) is 0 Å². The summed E-state index contributed by atoms with van der Waals surface area (Å²) in [5.41, 5.74) is 0. The summed E-state index contributed by atoms with van der Waals surface area (Å²) in [7, 11) is 0. The Balaban J connectivity index is 0.00000131. The molecule has 0 amide bonds. The molecule has 4 atom stereocenters. The Bertz CT molecular complexity index is 546. The Labute approximate surface area is 185 Å². The van der Waals surface area contributed by atoms with Gasteiger partial charge in [-0.25, -0.2) is 0 Å². The minimum atomic E-state index is -0.767. The number of hydrogen-bond donors (Lipinski definition) is 4. The Hall–Kier alpha value is -1.77. The third kappa shape index (κ3) is 14.8.